The maximum atomic E-state index is 11.9. The van der Waals surface area contributed by atoms with Crippen LogP contribution < -0.4 is 11.1 Å². The van der Waals surface area contributed by atoms with Gasteiger partial charge in [-0.25, -0.2) is 0 Å². The lowest BCUT2D eigenvalue weighted by Gasteiger charge is -2.23. The minimum absolute atomic E-state index is 0.193. The summed E-state index contributed by atoms with van der Waals surface area (Å²) >= 11 is 0. The van der Waals surface area contributed by atoms with E-state index in [1.54, 1.807) is 0 Å². The molecule has 0 heterocycles. The predicted octanol–water partition coefficient (Wildman–Crippen LogP) is 2.94. The van der Waals surface area contributed by atoms with E-state index >= 15 is 0 Å². The summed E-state index contributed by atoms with van der Waals surface area (Å²) in [4.78, 5) is 11.9. The lowest BCUT2D eigenvalue weighted by molar-refractivity contribution is -0.122. The van der Waals surface area contributed by atoms with Gasteiger partial charge in [0.25, 0.3) is 0 Å². The zero-order chi connectivity index (χ0) is 14.1. The van der Waals surface area contributed by atoms with Crippen molar-refractivity contribution in [2.24, 2.45) is 23.5 Å². The molecule has 0 fully saturated rings. The van der Waals surface area contributed by atoms with Gasteiger partial charge in [0, 0.05) is 12.5 Å². The summed E-state index contributed by atoms with van der Waals surface area (Å²) in [5.74, 6) is 1.87. The molecule has 3 N–H and O–H groups in total. The molecule has 18 heavy (non-hydrogen) atoms. The first-order chi connectivity index (χ1) is 8.42. The Morgan fingerprint density at radius 1 is 1.11 bits per heavy atom. The first-order valence-electron chi connectivity index (χ1n) is 7.41. The van der Waals surface area contributed by atoms with Crippen LogP contribution in [0.2, 0.25) is 0 Å². The number of hydrogen-bond donors (Lipinski definition) is 2. The van der Waals surface area contributed by atoms with Gasteiger partial charge in [0.05, 0.1) is 0 Å². The molecule has 0 aromatic carbocycles. The maximum Gasteiger partial charge on any atom is 0.220 e. The van der Waals surface area contributed by atoms with Gasteiger partial charge in [-0.05, 0) is 43.6 Å². The molecule has 0 spiro atoms. The van der Waals surface area contributed by atoms with E-state index in [0.29, 0.717) is 36.8 Å². The SMILES string of the molecule is CCC(NC(=O)CCC(CCN)C(C)C)C(C)C. The van der Waals surface area contributed by atoms with E-state index in [4.69, 9.17) is 5.73 Å². The van der Waals surface area contributed by atoms with Crippen molar-refractivity contribution in [1.29, 1.82) is 0 Å². The highest BCUT2D eigenvalue weighted by Gasteiger charge is 2.17. The van der Waals surface area contributed by atoms with Gasteiger partial charge in [0.2, 0.25) is 5.91 Å². The van der Waals surface area contributed by atoms with Crippen LogP contribution in [0.4, 0.5) is 0 Å². The zero-order valence-corrected chi connectivity index (χ0v) is 12.8. The van der Waals surface area contributed by atoms with Gasteiger partial charge in [-0.2, -0.15) is 0 Å². The minimum atomic E-state index is 0.193. The summed E-state index contributed by atoms with van der Waals surface area (Å²) < 4.78 is 0. The molecule has 1 amide bonds. The van der Waals surface area contributed by atoms with Crippen LogP contribution in [-0.4, -0.2) is 18.5 Å². The average molecular weight is 256 g/mol. The molecule has 0 aliphatic rings. The molecule has 0 aromatic rings. The van der Waals surface area contributed by atoms with Crippen LogP contribution in [0.5, 0.6) is 0 Å². The van der Waals surface area contributed by atoms with Crippen molar-refractivity contribution in [3.63, 3.8) is 0 Å². The zero-order valence-electron chi connectivity index (χ0n) is 12.8. The van der Waals surface area contributed by atoms with Crippen molar-refractivity contribution in [3.05, 3.63) is 0 Å². The Kier molecular flexibility index (Phi) is 9.08. The monoisotopic (exact) mass is 256 g/mol. The standard InChI is InChI=1S/C15H32N2O/c1-6-14(12(4)5)17-15(18)8-7-13(9-10-16)11(2)3/h11-14H,6-10,16H2,1-5H3,(H,17,18). The molecule has 0 saturated heterocycles. The molecular weight excluding hydrogens is 224 g/mol. The second kappa shape index (κ2) is 9.37. The van der Waals surface area contributed by atoms with Crippen LogP contribution >= 0.6 is 0 Å². The van der Waals surface area contributed by atoms with E-state index in [-0.39, 0.29) is 5.91 Å². The molecular formula is C15H32N2O. The molecule has 0 aliphatic heterocycles. The van der Waals surface area contributed by atoms with E-state index in [1.165, 1.54) is 0 Å². The third-order valence-electron chi connectivity index (χ3n) is 3.81. The largest absolute Gasteiger partial charge is 0.353 e. The number of nitrogens with two attached hydrogens (primary N) is 1. The van der Waals surface area contributed by atoms with Crippen molar-refractivity contribution in [2.75, 3.05) is 6.54 Å². The Morgan fingerprint density at radius 3 is 2.11 bits per heavy atom. The summed E-state index contributed by atoms with van der Waals surface area (Å²) in [6.07, 6.45) is 3.60. The molecule has 2 unspecified atom stereocenters. The average Bonchev–Trinajstić information content (AvgIpc) is 2.30. The maximum absolute atomic E-state index is 11.9. The van der Waals surface area contributed by atoms with Crippen LogP contribution in [0.3, 0.4) is 0 Å². The number of carbonyl (C=O) groups is 1. The Bertz CT molecular complexity index is 227. The third kappa shape index (κ3) is 7.00. The summed E-state index contributed by atoms with van der Waals surface area (Å²) in [7, 11) is 0. The Labute approximate surface area is 113 Å². The lowest BCUT2D eigenvalue weighted by atomic mass is 9.88. The van der Waals surface area contributed by atoms with Gasteiger partial charge >= 0.3 is 0 Å². The van der Waals surface area contributed by atoms with Gasteiger partial charge in [-0.15, -0.1) is 0 Å². The fraction of sp³-hybridized carbons (Fsp3) is 0.933. The highest BCUT2D eigenvalue weighted by molar-refractivity contribution is 5.76. The number of nitrogens with one attached hydrogen (secondary N) is 1. The predicted molar refractivity (Wildman–Crippen MR) is 78.3 cm³/mol. The molecule has 0 rings (SSSR count). The van der Waals surface area contributed by atoms with Gasteiger partial charge in [0.15, 0.2) is 0 Å². The molecule has 0 bridgehead atoms. The quantitative estimate of drug-likeness (QED) is 0.666. The second-order valence-corrected chi connectivity index (χ2v) is 5.95. The lowest BCUT2D eigenvalue weighted by Crippen LogP contribution is -2.38. The van der Waals surface area contributed by atoms with E-state index in [9.17, 15) is 4.79 Å². The van der Waals surface area contributed by atoms with Crippen molar-refractivity contribution >= 4 is 5.91 Å². The molecule has 108 valence electrons. The van der Waals surface area contributed by atoms with Crippen LogP contribution in [0, 0.1) is 17.8 Å². The van der Waals surface area contributed by atoms with Crippen molar-refractivity contribution in [3.8, 4) is 0 Å². The molecule has 0 saturated carbocycles. The van der Waals surface area contributed by atoms with Gasteiger partial charge in [-0.3, -0.25) is 4.79 Å². The Balaban J connectivity index is 4.07. The van der Waals surface area contributed by atoms with Gasteiger partial charge in [0.1, 0.15) is 0 Å². The summed E-state index contributed by atoms with van der Waals surface area (Å²) in [5, 5.41) is 3.13. The molecule has 3 nitrogen and oxygen atoms in total. The Hall–Kier alpha value is -0.570. The Morgan fingerprint density at radius 2 is 1.72 bits per heavy atom. The first-order valence-corrected chi connectivity index (χ1v) is 7.41. The van der Waals surface area contributed by atoms with Crippen LogP contribution in [0.25, 0.3) is 0 Å². The molecule has 0 aliphatic carbocycles. The first kappa shape index (κ1) is 17.4. The third-order valence-corrected chi connectivity index (χ3v) is 3.81. The fourth-order valence-electron chi connectivity index (χ4n) is 2.36. The highest BCUT2D eigenvalue weighted by atomic mass is 16.1. The van der Waals surface area contributed by atoms with Crippen LogP contribution in [0.15, 0.2) is 0 Å². The number of hydrogen-bond acceptors (Lipinski definition) is 2. The molecule has 0 aromatic heterocycles. The molecule has 0 radical (unpaired) electrons. The van der Waals surface area contributed by atoms with Crippen LogP contribution in [0.1, 0.15) is 60.3 Å². The molecule has 2 atom stereocenters. The summed E-state index contributed by atoms with van der Waals surface area (Å²) in [6, 6.07) is 0.310. The second-order valence-electron chi connectivity index (χ2n) is 5.95. The van der Waals surface area contributed by atoms with E-state index < -0.39 is 0 Å². The van der Waals surface area contributed by atoms with E-state index in [0.717, 1.165) is 19.3 Å². The van der Waals surface area contributed by atoms with Gasteiger partial charge < -0.3 is 11.1 Å². The van der Waals surface area contributed by atoms with Crippen molar-refractivity contribution in [2.45, 2.75) is 66.3 Å². The fourth-order valence-corrected chi connectivity index (χ4v) is 2.36. The van der Waals surface area contributed by atoms with E-state index in [2.05, 4.69) is 39.9 Å². The molecule has 3 heteroatoms. The van der Waals surface area contributed by atoms with Crippen molar-refractivity contribution < 1.29 is 4.79 Å². The summed E-state index contributed by atoms with van der Waals surface area (Å²) in [5.41, 5.74) is 5.62. The normalized spacial score (nSPS) is 14.9. The van der Waals surface area contributed by atoms with Gasteiger partial charge in [-0.1, -0.05) is 34.6 Å². The topological polar surface area (TPSA) is 55.1 Å². The number of amides is 1. The minimum Gasteiger partial charge on any atom is -0.353 e. The smallest absolute Gasteiger partial charge is 0.220 e. The highest BCUT2D eigenvalue weighted by Crippen LogP contribution is 2.20. The van der Waals surface area contributed by atoms with E-state index in [1.807, 2.05) is 0 Å². The van der Waals surface area contributed by atoms with Crippen LogP contribution in [-0.2, 0) is 4.79 Å². The summed E-state index contributed by atoms with van der Waals surface area (Å²) in [6.45, 7) is 11.6. The number of carbonyl (C=O) groups excluding carboxylic acids is 1. The number of rotatable bonds is 9. The van der Waals surface area contributed by atoms with Crippen molar-refractivity contribution in [1.82, 2.24) is 5.32 Å².